The average Bonchev–Trinajstić information content (AvgIpc) is 2.13. The van der Waals surface area contributed by atoms with Crippen LogP contribution < -0.4 is 10.6 Å². The summed E-state index contributed by atoms with van der Waals surface area (Å²) < 4.78 is 0. The number of benzene rings is 1. The maximum absolute atomic E-state index is 9.35. The van der Waals surface area contributed by atoms with Crippen molar-refractivity contribution in [2.24, 2.45) is 5.73 Å². The number of nitrogens with two attached hydrogens (primary N) is 1. The normalized spacial score (nSPS) is 10.6. The zero-order valence-electron chi connectivity index (χ0n) is 8.77. The quantitative estimate of drug-likeness (QED) is 0.765. The topological polar surface area (TPSA) is 49.5 Å². The zero-order valence-corrected chi connectivity index (χ0v) is 8.77. The fourth-order valence-electron chi connectivity index (χ4n) is 1.50. The fraction of sp³-hybridized carbons (Fsp3) is 0.455. The monoisotopic (exact) mass is 194 g/mol. The first-order valence-electron chi connectivity index (χ1n) is 4.91. The van der Waals surface area contributed by atoms with Crippen molar-refractivity contribution in [2.75, 3.05) is 18.0 Å². The molecular weight excluding hydrogens is 176 g/mol. The largest absolute Gasteiger partial charge is 0.508 e. The highest BCUT2D eigenvalue weighted by molar-refractivity contribution is 5.50. The molecule has 0 heterocycles. The Kier molecular flexibility index (Phi) is 3.77. The molecule has 0 unspecified atom stereocenters. The maximum Gasteiger partial charge on any atom is 0.117 e. The molecule has 0 saturated heterocycles. The van der Waals surface area contributed by atoms with Crippen molar-refractivity contribution in [2.45, 2.75) is 19.9 Å². The van der Waals surface area contributed by atoms with E-state index in [2.05, 4.69) is 18.7 Å². The number of phenols is 1. The van der Waals surface area contributed by atoms with Gasteiger partial charge < -0.3 is 15.7 Å². The van der Waals surface area contributed by atoms with E-state index in [1.807, 2.05) is 12.1 Å². The van der Waals surface area contributed by atoms with Crippen LogP contribution in [0.1, 0.15) is 13.8 Å². The number of anilines is 1. The van der Waals surface area contributed by atoms with Gasteiger partial charge in [-0.05, 0) is 26.0 Å². The molecule has 78 valence electrons. The van der Waals surface area contributed by atoms with Gasteiger partial charge in [-0.15, -0.1) is 0 Å². The number of phenolic OH excluding ortho intramolecular Hbond substituents is 1. The van der Waals surface area contributed by atoms with Crippen LogP contribution in [-0.4, -0.2) is 24.2 Å². The van der Waals surface area contributed by atoms with Gasteiger partial charge in [0, 0.05) is 30.9 Å². The van der Waals surface area contributed by atoms with Gasteiger partial charge in [0.25, 0.3) is 0 Å². The summed E-state index contributed by atoms with van der Waals surface area (Å²) >= 11 is 0. The van der Waals surface area contributed by atoms with E-state index in [-0.39, 0.29) is 0 Å². The van der Waals surface area contributed by atoms with Gasteiger partial charge in [0.15, 0.2) is 0 Å². The van der Waals surface area contributed by atoms with Crippen molar-refractivity contribution >= 4 is 5.69 Å². The maximum atomic E-state index is 9.35. The minimum atomic E-state index is 0.296. The average molecular weight is 194 g/mol. The van der Waals surface area contributed by atoms with Crippen LogP contribution in [0.3, 0.4) is 0 Å². The molecule has 0 atom stereocenters. The van der Waals surface area contributed by atoms with Gasteiger partial charge in [0.2, 0.25) is 0 Å². The highest BCUT2D eigenvalue weighted by atomic mass is 16.3. The first-order chi connectivity index (χ1) is 6.65. The van der Waals surface area contributed by atoms with Gasteiger partial charge >= 0.3 is 0 Å². The van der Waals surface area contributed by atoms with E-state index >= 15 is 0 Å². The first kappa shape index (κ1) is 10.9. The highest BCUT2D eigenvalue weighted by Crippen LogP contribution is 2.21. The van der Waals surface area contributed by atoms with Crippen LogP contribution >= 0.6 is 0 Å². The van der Waals surface area contributed by atoms with Gasteiger partial charge in [0.05, 0.1) is 0 Å². The molecule has 1 aromatic rings. The molecule has 1 aromatic carbocycles. The second-order valence-corrected chi connectivity index (χ2v) is 3.60. The van der Waals surface area contributed by atoms with Crippen molar-refractivity contribution < 1.29 is 5.11 Å². The molecule has 0 aliphatic heterocycles. The summed E-state index contributed by atoms with van der Waals surface area (Å²) in [6.07, 6.45) is 0. The molecule has 0 aliphatic rings. The van der Waals surface area contributed by atoms with Crippen LogP contribution in [0.15, 0.2) is 24.3 Å². The number of hydrogen-bond donors (Lipinski definition) is 2. The predicted octanol–water partition coefficient (Wildman–Crippen LogP) is 1.57. The number of nitrogens with zero attached hydrogens (tertiary/aromatic N) is 1. The molecule has 0 fully saturated rings. The molecule has 0 radical (unpaired) electrons. The summed E-state index contributed by atoms with van der Waals surface area (Å²) in [6, 6.07) is 7.65. The summed E-state index contributed by atoms with van der Waals surface area (Å²) in [6.45, 7) is 5.65. The van der Waals surface area contributed by atoms with Crippen molar-refractivity contribution in [1.29, 1.82) is 0 Å². The van der Waals surface area contributed by atoms with Crippen LogP contribution in [0, 0.1) is 0 Å². The van der Waals surface area contributed by atoms with E-state index in [9.17, 15) is 5.11 Å². The molecular formula is C11H18N2O. The van der Waals surface area contributed by atoms with Crippen LogP contribution in [0.25, 0.3) is 0 Å². The van der Waals surface area contributed by atoms with Crippen molar-refractivity contribution in [3.05, 3.63) is 24.3 Å². The Bertz CT molecular complexity index is 286. The Hall–Kier alpha value is -1.22. The van der Waals surface area contributed by atoms with E-state index < -0.39 is 0 Å². The van der Waals surface area contributed by atoms with Gasteiger partial charge in [-0.1, -0.05) is 6.07 Å². The summed E-state index contributed by atoms with van der Waals surface area (Å²) in [5.41, 5.74) is 6.56. The SMILES string of the molecule is CC(C)N(CCN)c1cccc(O)c1. The molecule has 1 rings (SSSR count). The third kappa shape index (κ3) is 2.64. The molecule has 0 aliphatic carbocycles. The van der Waals surface area contributed by atoms with Gasteiger partial charge in [0.1, 0.15) is 5.75 Å². The Morgan fingerprint density at radius 2 is 2.14 bits per heavy atom. The summed E-state index contributed by atoms with van der Waals surface area (Å²) in [5, 5.41) is 9.35. The smallest absolute Gasteiger partial charge is 0.117 e. The van der Waals surface area contributed by atoms with Crippen LogP contribution in [0.4, 0.5) is 5.69 Å². The van der Waals surface area contributed by atoms with E-state index in [0.717, 1.165) is 12.2 Å². The fourth-order valence-corrected chi connectivity index (χ4v) is 1.50. The first-order valence-corrected chi connectivity index (χ1v) is 4.91. The Morgan fingerprint density at radius 3 is 2.64 bits per heavy atom. The lowest BCUT2D eigenvalue weighted by atomic mass is 10.2. The molecule has 3 N–H and O–H groups in total. The second-order valence-electron chi connectivity index (χ2n) is 3.60. The highest BCUT2D eigenvalue weighted by Gasteiger charge is 2.09. The van der Waals surface area contributed by atoms with E-state index in [1.54, 1.807) is 12.1 Å². The molecule has 0 aromatic heterocycles. The summed E-state index contributed by atoms with van der Waals surface area (Å²) in [5.74, 6) is 0.296. The third-order valence-corrected chi connectivity index (χ3v) is 2.15. The minimum absolute atomic E-state index is 0.296. The Morgan fingerprint density at radius 1 is 1.43 bits per heavy atom. The molecule has 3 heteroatoms. The molecule has 14 heavy (non-hydrogen) atoms. The van der Waals surface area contributed by atoms with Crippen molar-refractivity contribution in [3.63, 3.8) is 0 Å². The lowest BCUT2D eigenvalue weighted by Gasteiger charge is -2.28. The van der Waals surface area contributed by atoms with Crippen LogP contribution in [0.2, 0.25) is 0 Å². The van der Waals surface area contributed by atoms with Crippen LogP contribution in [-0.2, 0) is 0 Å². The molecule has 0 saturated carbocycles. The van der Waals surface area contributed by atoms with Crippen molar-refractivity contribution in [3.8, 4) is 5.75 Å². The Labute approximate surface area is 85.2 Å². The number of hydrogen-bond acceptors (Lipinski definition) is 3. The molecule has 0 bridgehead atoms. The van der Waals surface area contributed by atoms with E-state index in [4.69, 9.17) is 5.73 Å². The number of aromatic hydroxyl groups is 1. The number of rotatable bonds is 4. The second kappa shape index (κ2) is 4.86. The summed E-state index contributed by atoms with van der Waals surface area (Å²) in [7, 11) is 0. The minimum Gasteiger partial charge on any atom is -0.508 e. The predicted molar refractivity (Wildman–Crippen MR) is 59.6 cm³/mol. The van der Waals surface area contributed by atoms with Crippen LogP contribution in [0.5, 0.6) is 5.75 Å². The lowest BCUT2D eigenvalue weighted by Crippen LogP contribution is -2.35. The third-order valence-electron chi connectivity index (χ3n) is 2.15. The standard InChI is InChI=1S/C11H18N2O/c1-9(2)13(7-6-12)10-4-3-5-11(14)8-10/h3-5,8-9,14H,6-7,12H2,1-2H3. The van der Waals surface area contributed by atoms with Gasteiger partial charge in [-0.25, -0.2) is 0 Å². The lowest BCUT2D eigenvalue weighted by molar-refractivity contribution is 0.475. The summed E-state index contributed by atoms with van der Waals surface area (Å²) in [4.78, 5) is 2.17. The zero-order chi connectivity index (χ0) is 10.6. The van der Waals surface area contributed by atoms with E-state index in [0.29, 0.717) is 18.3 Å². The van der Waals surface area contributed by atoms with E-state index in [1.165, 1.54) is 0 Å². The molecule has 0 spiro atoms. The van der Waals surface area contributed by atoms with Gasteiger partial charge in [-0.2, -0.15) is 0 Å². The molecule has 0 amide bonds. The molecule has 3 nitrogen and oxygen atoms in total. The van der Waals surface area contributed by atoms with Crippen molar-refractivity contribution in [1.82, 2.24) is 0 Å². The Balaban J connectivity index is 2.87. The van der Waals surface area contributed by atoms with Gasteiger partial charge in [-0.3, -0.25) is 0 Å².